The number of methoxy groups -OCH3 is 1. The van der Waals surface area contributed by atoms with E-state index in [0.29, 0.717) is 0 Å². The fourth-order valence-electron chi connectivity index (χ4n) is 5.27. The van der Waals surface area contributed by atoms with Gasteiger partial charge in [-0.05, 0) is 55.8 Å². The van der Waals surface area contributed by atoms with Crippen LogP contribution in [0.15, 0.2) is 0 Å². The molecule has 0 aromatic rings. The number of hydrogen-bond acceptors (Lipinski definition) is 1. The molecule has 0 saturated heterocycles. The molecule has 2 bridgehead atoms. The van der Waals surface area contributed by atoms with Crippen LogP contribution >= 0.6 is 0 Å². The molecule has 3 rings (SSSR count). The standard InChI is InChI=1S/C16H28O/c1-12-5-3-4-8-16(11-12,17-2)15-10-13-6-7-14(15)9-13/h12-15H,3-11H2,1-2H3. The summed E-state index contributed by atoms with van der Waals surface area (Å²) in [5.41, 5.74) is 0.260. The van der Waals surface area contributed by atoms with Crippen molar-refractivity contribution in [2.45, 2.75) is 70.3 Å². The van der Waals surface area contributed by atoms with Crippen LogP contribution in [-0.2, 0) is 4.74 Å². The zero-order valence-electron chi connectivity index (χ0n) is 11.6. The van der Waals surface area contributed by atoms with Crippen LogP contribution in [-0.4, -0.2) is 12.7 Å². The van der Waals surface area contributed by atoms with E-state index < -0.39 is 0 Å². The third-order valence-electron chi connectivity index (χ3n) is 6.06. The van der Waals surface area contributed by atoms with Gasteiger partial charge in [-0.3, -0.25) is 0 Å². The monoisotopic (exact) mass is 236 g/mol. The molecule has 17 heavy (non-hydrogen) atoms. The van der Waals surface area contributed by atoms with E-state index in [1.807, 2.05) is 7.11 Å². The van der Waals surface area contributed by atoms with Crippen LogP contribution in [0.3, 0.4) is 0 Å². The number of ether oxygens (including phenoxy) is 1. The van der Waals surface area contributed by atoms with Crippen molar-refractivity contribution in [1.82, 2.24) is 0 Å². The Hall–Kier alpha value is -0.0400. The van der Waals surface area contributed by atoms with Gasteiger partial charge in [-0.15, -0.1) is 0 Å². The molecule has 0 N–H and O–H groups in total. The van der Waals surface area contributed by atoms with Gasteiger partial charge in [0, 0.05) is 7.11 Å². The molecule has 1 heteroatoms. The second-order valence-electron chi connectivity index (χ2n) is 7.11. The molecule has 0 heterocycles. The summed E-state index contributed by atoms with van der Waals surface area (Å²) in [6, 6.07) is 0. The van der Waals surface area contributed by atoms with Crippen LogP contribution in [0.1, 0.15) is 64.7 Å². The van der Waals surface area contributed by atoms with Gasteiger partial charge < -0.3 is 4.74 Å². The Morgan fingerprint density at radius 1 is 1.06 bits per heavy atom. The molecule has 0 spiro atoms. The lowest BCUT2D eigenvalue weighted by Gasteiger charge is -2.42. The van der Waals surface area contributed by atoms with E-state index in [4.69, 9.17) is 4.74 Å². The summed E-state index contributed by atoms with van der Waals surface area (Å²) in [5.74, 6) is 3.82. The molecule has 3 aliphatic rings. The number of hydrogen-bond donors (Lipinski definition) is 0. The van der Waals surface area contributed by atoms with Gasteiger partial charge in [0.25, 0.3) is 0 Å². The van der Waals surface area contributed by atoms with Gasteiger partial charge in [-0.2, -0.15) is 0 Å². The van der Waals surface area contributed by atoms with Crippen LogP contribution < -0.4 is 0 Å². The van der Waals surface area contributed by atoms with Crippen molar-refractivity contribution in [2.75, 3.05) is 7.11 Å². The maximum absolute atomic E-state index is 6.17. The van der Waals surface area contributed by atoms with E-state index in [0.717, 1.165) is 23.7 Å². The summed E-state index contributed by atoms with van der Waals surface area (Å²) < 4.78 is 6.17. The van der Waals surface area contributed by atoms with Gasteiger partial charge in [0.05, 0.1) is 5.60 Å². The van der Waals surface area contributed by atoms with Crippen LogP contribution in [0.25, 0.3) is 0 Å². The lowest BCUT2D eigenvalue weighted by atomic mass is 9.71. The first kappa shape index (κ1) is 12.0. The van der Waals surface area contributed by atoms with Gasteiger partial charge >= 0.3 is 0 Å². The lowest BCUT2D eigenvalue weighted by Crippen LogP contribution is -2.43. The van der Waals surface area contributed by atoms with E-state index in [9.17, 15) is 0 Å². The predicted octanol–water partition coefficient (Wildman–Crippen LogP) is 4.41. The Balaban J connectivity index is 1.80. The molecular weight excluding hydrogens is 208 g/mol. The molecule has 0 aromatic carbocycles. The largest absolute Gasteiger partial charge is 0.378 e. The van der Waals surface area contributed by atoms with Gasteiger partial charge in [0.15, 0.2) is 0 Å². The maximum Gasteiger partial charge on any atom is 0.0712 e. The molecule has 0 amide bonds. The summed E-state index contributed by atoms with van der Waals surface area (Å²) in [4.78, 5) is 0. The van der Waals surface area contributed by atoms with Crippen LogP contribution in [0.2, 0.25) is 0 Å². The molecule has 5 atom stereocenters. The summed E-state index contributed by atoms with van der Waals surface area (Å²) in [5, 5.41) is 0. The zero-order chi connectivity index (χ0) is 11.9. The molecule has 0 radical (unpaired) electrons. The smallest absolute Gasteiger partial charge is 0.0712 e. The maximum atomic E-state index is 6.17. The predicted molar refractivity (Wildman–Crippen MR) is 70.9 cm³/mol. The van der Waals surface area contributed by atoms with Crippen molar-refractivity contribution < 1.29 is 4.74 Å². The van der Waals surface area contributed by atoms with Gasteiger partial charge in [0.1, 0.15) is 0 Å². The highest BCUT2D eigenvalue weighted by molar-refractivity contribution is 5.01. The summed E-state index contributed by atoms with van der Waals surface area (Å²) in [6.45, 7) is 2.44. The van der Waals surface area contributed by atoms with Gasteiger partial charge in [-0.1, -0.05) is 32.6 Å². The molecule has 3 saturated carbocycles. The van der Waals surface area contributed by atoms with Crippen LogP contribution in [0, 0.1) is 23.7 Å². The minimum Gasteiger partial charge on any atom is -0.378 e. The van der Waals surface area contributed by atoms with Crippen LogP contribution in [0.5, 0.6) is 0 Å². The van der Waals surface area contributed by atoms with Crippen molar-refractivity contribution in [2.24, 2.45) is 23.7 Å². The minimum atomic E-state index is 0.260. The Morgan fingerprint density at radius 2 is 1.94 bits per heavy atom. The van der Waals surface area contributed by atoms with Crippen LogP contribution in [0.4, 0.5) is 0 Å². The first-order valence-electron chi connectivity index (χ1n) is 7.78. The van der Waals surface area contributed by atoms with E-state index in [1.165, 1.54) is 57.8 Å². The highest BCUT2D eigenvalue weighted by Crippen LogP contribution is 2.56. The lowest BCUT2D eigenvalue weighted by molar-refractivity contribution is -0.0924. The molecular formula is C16H28O. The molecule has 5 unspecified atom stereocenters. The molecule has 98 valence electrons. The van der Waals surface area contributed by atoms with E-state index in [2.05, 4.69) is 6.92 Å². The van der Waals surface area contributed by atoms with Gasteiger partial charge in [0.2, 0.25) is 0 Å². The topological polar surface area (TPSA) is 9.23 Å². The van der Waals surface area contributed by atoms with Crippen molar-refractivity contribution in [3.63, 3.8) is 0 Å². The minimum absolute atomic E-state index is 0.260. The Morgan fingerprint density at radius 3 is 2.59 bits per heavy atom. The average molecular weight is 236 g/mol. The average Bonchev–Trinajstić information content (AvgIpc) is 2.90. The summed E-state index contributed by atoms with van der Waals surface area (Å²) in [7, 11) is 1.99. The zero-order valence-corrected chi connectivity index (χ0v) is 11.6. The van der Waals surface area contributed by atoms with Crippen molar-refractivity contribution >= 4 is 0 Å². The second-order valence-corrected chi connectivity index (χ2v) is 7.11. The van der Waals surface area contributed by atoms with Gasteiger partial charge in [-0.25, -0.2) is 0 Å². The quantitative estimate of drug-likeness (QED) is 0.645. The molecule has 1 nitrogen and oxygen atoms in total. The fourth-order valence-corrected chi connectivity index (χ4v) is 5.27. The first-order chi connectivity index (χ1) is 8.23. The van der Waals surface area contributed by atoms with Crippen molar-refractivity contribution in [1.29, 1.82) is 0 Å². The van der Waals surface area contributed by atoms with E-state index >= 15 is 0 Å². The van der Waals surface area contributed by atoms with E-state index in [1.54, 1.807) is 0 Å². The Labute approximate surface area is 106 Å². The number of fused-ring (bicyclic) bond motifs is 2. The van der Waals surface area contributed by atoms with Crippen molar-refractivity contribution in [3.8, 4) is 0 Å². The van der Waals surface area contributed by atoms with Crippen molar-refractivity contribution in [3.05, 3.63) is 0 Å². The third kappa shape index (κ3) is 2.05. The SMILES string of the molecule is COC1(C2CC3CCC2C3)CCCCC(C)C1. The summed E-state index contributed by atoms with van der Waals surface area (Å²) in [6.07, 6.45) is 12.9. The summed E-state index contributed by atoms with van der Waals surface area (Å²) >= 11 is 0. The fraction of sp³-hybridized carbons (Fsp3) is 1.00. The number of rotatable bonds is 2. The highest BCUT2D eigenvalue weighted by atomic mass is 16.5. The molecule has 3 fully saturated rings. The first-order valence-corrected chi connectivity index (χ1v) is 7.78. The molecule has 0 aliphatic heterocycles. The molecule has 3 aliphatic carbocycles. The highest BCUT2D eigenvalue weighted by Gasteiger charge is 2.51. The molecule has 0 aromatic heterocycles. The second kappa shape index (κ2) is 4.57. The third-order valence-corrected chi connectivity index (χ3v) is 6.06. The Kier molecular flexibility index (Phi) is 3.23. The van der Waals surface area contributed by atoms with E-state index in [-0.39, 0.29) is 5.60 Å². The Bertz CT molecular complexity index is 275. The normalized spacial score (nSPS) is 50.5.